The van der Waals surface area contributed by atoms with Crippen molar-refractivity contribution in [3.63, 3.8) is 0 Å². The van der Waals surface area contributed by atoms with Gasteiger partial charge in [-0.25, -0.2) is 0 Å². The first-order valence-corrected chi connectivity index (χ1v) is 10.0. The Hall–Kier alpha value is -2.99. The third-order valence-electron chi connectivity index (χ3n) is 5.15. The molecule has 0 unspecified atom stereocenters. The van der Waals surface area contributed by atoms with Crippen molar-refractivity contribution < 1.29 is 9.53 Å². The lowest BCUT2D eigenvalue weighted by molar-refractivity contribution is 0.0763. The van der Waals surface area contributed by atoms with Crippen LogP contribution in [0.2, 0.25) is 5.02 Å². The number of hydrogen-bond donors (Lipinski definition) is 1. The molecule has 150 valence electrons. The normalized spacial score (nSPS) is 14.6. The molecule has 0 spiro atoms. The van der Waals surface area contributed by atoms with Crippen molar-refractivity contribution in [2.24, 2.45) is 0 Å². The van der Waals surface area contributed by atoms with Gasteiger partial charge in [0.1, 0.15) is 5.75 Å². The largest absolute Gasteiger partial charge is 0.496 e. The lowest BCUT2D eigenvalue weighted by Gasteiger charge is -2.22. The summed E-state index contributed by atoms with van der Waals surface area (Å²) in [6.07, 6.45) is 0.863. The number of halogens is 1. The van der Waals surface area contributed by atoms with Gasteiger partial charge in [-0.3, -0.25) is 9.89 Å². The summed E-state index contributed by atoms with van der Waals surface area (Å²) in [5.74, 6) is 1.39. The van der Waals surface area contributed by atoms with Crippen molar-refractivity contribution in [2.45, 2.75) is 6.42 Å². The van der Waals surface area contributed by atoms with Crippen LogP contribution in [0.25, 0.3) is 11.3 Å². The number of H-pyrrole nitrogens is 1. The van der Waals surface area contributed by atoms with E-state index in [1.165, 1.54) is 0 Å². The number of hydrogen-bond acceptors (Lipinski definition) is 4. The Morgan fingerprint density at radius 1 is 1.07 bits per heavy atom. The summed E-state index contributed by atoms with van der Waals surface area (Å²) < 4.78 is 5.35. The van der Waals surface area contributed by atoms with E-state index in [1.54, 1.807) is 25.3 Å². The number of amides is 1. The van der Waals surface area contributed by atoms with Crippen LogP contribution in [0.3, 0.4) is 0 Å². The average molecular weight is 411 g/mol. The Kier molecular flexibility index (Phi) is 5.71. The van der Waals surface area contributed by atoms with E-state index in [2.05, 4.69) is 33.3 Å². The van der Waals surface area contributed by atoms with Crippen molar-refractivity contribution in [3.05, 3.63) is 65.2 Å². The second-order valence-electron chi connectivity index (χ2n) is 6.98. The van der Waals surface area contributed by atoms with E-state index in [0.717, 1.165) is 30.0 Å². The van der Waals surface area contributed by atoms with Crippen LogP contribution in [0.4, 0.5) is 5.82 Å². The molecule has 7 heteroatoms. The molecule has 3 aromatic rings. The molecule has 1 aromatic heterocycles. The molecule has 0 radical (unpaired) electrons. The maximum Gasteiger partial charge on any atom is 0.257 e. The lowest BCUT2D eigenvalue weighted by Crippen LogP contribution is -2.35. The van der Waals surface area contributed by atoms with Gasteiger partial charge in [-0.05, 0) is 30.2 Å². The van der Waals surface area contributed by atoms with E-state index in [0.29, 0.717) is 36.0 Å². The molecule has 1 amide bonds. The Morgan fingerprint density at radius 2 is 1.90 bits per heavy atom. The zero-order chi connectivity index (χ0) is 20.2. The first-order valence-electron chi connectivity index (χ1n) is 9.64. The van der Waals surface area contributed by atoms with Gasteiger partial charge >= 0.3 is 0 Å². The fraction of sp³-hybridized carbons (Fsp3) is 0.273. The molecule has 4 rings (SSSR count). The molecule has 0 atom stereocenters. The number of carbonyl (C=O) groups excluding carboxylic acids is 1. The smallest absolute Gasteiger partial charge is 0.257 e. The quantitative estimate of drug-likeness (QED) is 0.703. The monoisotopic (exact) mass is 410 g/mol. The van der Waals surface area contributed by atoms with Gasteiger partial charge in [0.2, 0.25) is 0 Å². The van der Waals surface area contributed by atoms with E-state index >= 15 is 0 Å². The molecule has 0 saturated carbocycles. The minimum Gasteiger partial charge on any atom is -0.496 e. The molecular formula is C22H23ClN4O2. The first kappa shape index (κ1) is 19.3. The number of aromatic nitrogens is 2. The molecular weight excluding hydrogens is 388 g/mol. The topological polar surface area (TPSA) is 61.5 Å². The number of benzene rings is 2. The highest BCUT2D eigenvalue weighted by molar-refractivity contribution is 6.31. The number of rotatable bonds is 4. The number of nitrogens with zero attached hydrogens (tertiary/aromatic N) is 3. The lowest BCUT2D eigenvalue weighted by atomic mass is 10.1. The molecule has 29 heavy (non-hydrogen) atoms. The number of aromatic amines is 1. The van der Waals surface area contributed by atoms with Crippen LogP contribution in [0.15, 0.2) is 54.6 Å². The minimum absolute atomic E-state index is 0.0572. The zero-order valence-corrected chi connectivity index (χ0v) is 17.0. The Labute approximate surface area is 175 Å². The van der Waals surface area contributed by atoms with Crippen LogP contribution in [0, 0.1) is 0 Å². The standard InChI is InChI=1S/C22H23ClN4O2/c1-29-20-9-8-17(23)14-18(20)22(28)27-11-5-10-26(12-13-27)21-15-19(24-25-21)16-6-3-2-4-7-16/h2-4,6-9,14-15H,5,10-13H2,1H3,(H,24,25). The van der Waals surface area contributed by atoms with Gasteiger partial charge in [0, 0.05) is 37.3 Å². The van der Waals surface area contributed by atoms with Crippen LogP contribution >= 0.6 is 11.6 Å². The van der Waals surface area contributed by atoms with Crippen LogP contribution < -0.4 is 9.64 Å². The third-order valence-corrected chi connectivity index (χ3v) is 5.38. The summed E-state index contributed by atoms with van der Waals surface area (Å²) in [7, 11) is 1.56. The maximum atomic E-state index is 13.1. The van der Waals surface area contributed by atoms with E-state index in [1.807, 2.05) is 23.1 Å². The second-order valence-corrected chi connectivity index (χ2v) is 7.42. The zero-order valence-electron chi connectivity index (χ0n) is 16.3. The molecule has 6 nitrogen and oxygen atoms in total. The van der Waals surface area contributed by atoms with E-state index in [9.17, 15) is 4.79 Å². The first-order chi connectivity index (χ1) is 14.2. The van der Waals surface area contributed by atoms with Gasteiger partial charge in [0.25, 0.3) is 5.91 Å². The van der Waals surface area contributed by atoms with Crippen LogP contribution in [0.5, 0.6) is 5.75 Å². The molecule has 2 aromatic carbocycles. The molecule has 0 aliphatic carbocycles. The predicted molar refractivity (Wildman–Crippen MR) is 115 cm³/mol. The maximum absolute atomic E-state index is 13.1. The van der Waals surface area contributed by atoms with Gasteiger partial charge in [0.05, 0.1) is 18.4 Å². The average Bonchev–Trinajstić information content (AvgIpc) is 3.12. The van der Waals surface area contributed by atoms with Crippen LogP contribution in [-0.2, 0) is 0 Å². The fourth-order valence-electron chi connectivity index (χ4n) is 3.61. The second kappa shape index (κ2) is 8.57. The van der Waals surface area contributed by atoms with Crippen molar-refractivity contribution in [1.82, 2.24) is 15.1 Å². The fourth-order valence-corrected chi connectivity index (χ4v) is 3.78. The van der Waals surface area contributed by atoms with Crippen molar-refractivity contribution in [2.75, 3.05) is 38.2 Å². The highest BCUT2D eigenvalue weighted by atomic mass is 35.5. The van der Waals surface area contributed by atoms with Crippen molar-refractivity contribution >= 4 is 23.3 Å². The molecule has 1 N–H and O–H groups in total. The van der Waals surface area contributed by atoms with Gasteiger partial charge in [0.15, 0.2) is 5.82 Å². The third kappa shape index (κ3) is 4.22. The Bertz CT molecular complexity index is 989. The van der Waals surface area contributed by atoms with Gasteiger partial charge in [-0.2, -0.15) is 5.10 Å². The summed E-state index contributed by atoms with van der Waals surface area (Å²) in [5, 5.41) is 8.13. The summed E-state index contributed by atoms with van der Waals surface area (Å²) in [4.78, 5) is 17.1. The Balaban J connectivity index is 1.47. The molecule has 1 aliphatic rings. The van der Waals surface area contributed by atoms with E-state index in [-0.39, 0.29) is 5.91 Å². The van der Waals surface area contributed by atoms with Gasteiger partial charge in [-0.1, -0.05) is 41.9 Å². The molecule has 2 heterocycles. The van der Waals surface area contributed by atoms with Crippen LogP contribution in [0.1, 0.15) is 16.8 Å². The number of carbonyl (C=O) groups is 1. The van der Waals surface area contributed by atoms with Crippen molar-refractivity contribution in [1.29, 1.82) is 0 Å². The summed E-state index contributed by atoms with van der Waals surface area (Å²) in [6.45, 7) is 2.85. The van der Waals surface area contributed by atoms with E-state index < -0.39 is 0 Å². The SMILES string of the molecule is COc1ccc(Cl)cc1C(=O)N1CCCN(c2cc(-c3ccccc3)[nH]n2)CC1. The molecule has 1 saturated heterocycles. The highest BCUT2D eigenvalue weighted by Crippen LogP contribution is 2.26. The van der Waals surface area contributed by atoms with Gasteiger partial charge < -0.3 is 14.5 Å². The highest BCUT2D eigenvalue weighted by Gasteiger charge is 2.24. The summed E-state index contributed by atoms with van der Waals surface area (Å²) in [6, 6.07) is 17.3. The van der Waals surface area contributed by atoms with E-state index in [4.69, 9.17) is 16.3 Å². The Morgan fingerprint density at radius 3 is 2.69 bits per heavy atom. The van der Waals surface area contributed by atoms with Gasteiger partial charge in [-0.15, -0.1) is 0 Å². The predicted octanol–water partition coefficient (Wildman–Crippen LogP) is 4.09. The van der Waals surface area contributed by atoms with Crippen molar-refractivity contribution in [3.8, 4) is 17.0 Å². The number of anilines is 1. The molecule has 1 aliphatic heterocycles. The number of nitrogens with one attached hydrogen (secondary N) is 1. The minimum atomic E-state index is -0.0572. The van der Waals surface area contributed by atoms with Crippen LogP contribution in [-0.4, -0.2) is 54.3 Å². The number of ether oxygens (including phenoxy) is 1. The molecule has 0 bridgehead atoms. The molecule has 1 fully saturated rings. The number of methoxy groups -OCH3 is 1. The summed E-state index contributed by atoms with van der Waals surface area (Å²) >= 11 is 6.10. The summed E-state index contributed by atoms with van der Waals surface area (Å²) in [5.41, 5.74) is 2.59.